The lowest BCUT2D eigenvalue weighted by molar-refractivity contribution is 0.311. The van der Waals surface area contributed by atoms with Gasteiger partial charge in [-0.3, -0.25) is 0 Å². The van der Waals surface area contributed by atoms with Gasteiger partial charge in [-0.05, 0) is 31.6 Å². The van der Waals surface area contributed by atoms with Crippen LogP contribution in [0.4, 0.5) is 0 Å². The Balaban J connectivity index is 2.13. The van der Waals surface area contributed by atoms with Gasteiger partial charge in [0.1, 0.15) is 0 Å². The summed E-state index contributed by atoms with van der Waals surface area (Å²) in [5.74, 6) is 0.871. The minimum absolute atomic E-state index is 0.251. The zero-order valence-corrected chi connectivity index (χ0v) is 11.0. The van der Waals surface area contributed by atoms with E-state index >= 15 is 0 Å². The van der Waals surface area contributed by atoms with Crippen LogP contribution in [-0.2, 0) is 0 Å². The fourth-order valence-corrected chi connectivity index (χ4v) is 7.15. The second-order valence-corrected chi connectivity index (χ2v) is 8.39. The lowest BCUT2D eigenvalue weighted by Gasteiger charge is -2.23. The maximum atomic E-state index is 3.92. The van der Waals surface area contributed by atoms with Crippen LogP contribution in [0.15, 0.2) is 12.2 Å². The molecule has 2 saturated carbocycles. The Morgan fingerprint density at radius 1 is 1.23 bits per heavy atom. The van der Waals surface area contributed by atoms with Crippen LogP contribution in [0.2, 0.25) is 0 Å². The van der Waals surface area contributed by atoms with Gasteiger partial charge in [-0.2, -0.15) is 0 Å². The van der Waals surface area contributed by atoms with E-state index in [2.05, 4.69) is 50.9 Å². The van der Waals surface area contributed by atoms with Crippen LogP contribution in [0.25, 0.3) is 0 Å². The number of hydrogen-bond donors (Lipinski definition) is 0. The largest absolute Gasteiger partial charge is 0.0938 e. The molecule has 3 atom stereocenters. The van der Waals surface area contributed by atoms with Crippen LogP contribution in [0.1, 0.15) is 32.6 Å². The van der Waals surface area contributed by atoms with Crippen molar-refractivity contribution in [2.24, 2.45) is 16.7 Å². The lowest BCUT2D eigenvalue weighted by Crippen LogP contribution is -2.17. The molecule has 0 amide bonds. The zero-order valence-electron chi connectivity index (χ0n) is 7.82. The predicted molar refractivity (Wildman–Crippen MR) is 62.2 cm³/mol. The Bertz CT molecular complexity index is 294. The summed E-state index contributed by atoms with van der Waals surface area (Å²) in [5, 5.41) is 0. The number of halogens is 2. The van der Waals surface area contributed by atoms with E-state index in [0.717, 1.165) is 5.92 Å². The monoisotopic (exact) mass is 304 g/mol. The molecule has 0 aromatic carbocycles. The molecule has 2 fully saturated rings. The van der Waals surface area contributed by atoms with Crippen molar-refractivity contribution in [1.29, 1.82) is 0 Å². The fraction of sp³-hybridized carbons (Fsp3) is 0.818. The second kappa shape index (κ2) is 2.27. The molecular formula is C11H14Br2. The summed E-state index contributed by atoms with van der Waals surface area (Å²) in [6.45, 7) is 2.42. The maximum absolute atomic E-state index is 3.92. The van der Waals surface area contributed by atoms with E-state index in [4.69, 9.17) is 0 Å². The lowest BCUT2D eigenvalue weighted by atomic mass is 9.82. The van der Waals surface area contributed by atoms with E-state index in [-0.39, 0.29) is 3.23 Å². The topological polar surface area (TPSA) is 0 Å². The van der Waals surface area contributed by atoms with Crippen molar-refractivity contribution in [3.8, 4) is 0 Å². The van der Waals surface area contributed by atoms with Crippen LogP contribution in [0.5, 0.6) is 0 Å². The number of alkyl halides is 2. The summed E-state index contributed by atoms with van der Waals surface area (Å²) >= 11 is 7.84. The molecule has 0 heterocycles. The van der Waals surface area contributed by atoms with Crippen LogP contribution < -0.4 is 0 Å². The summed E-state index contributed by atoms with van der Waals surface area (Å²) in [4.78, 5) is 0. The normalized spacial score (nSPS) is 55.8. The molecule has 0 aliphatic heterocycles. The highest BCUT2D eigenvalue weighted by Crippen LogP contribution is 2.91. The first kappa shape index (κ1) is 8.96. The highest BCUT2D eigenvalue weighted by molar-refractivity contribution is 9.25. The quantitative estimate of drug-likeness (QED) is 0.464. The van der Waals surface area contributed by atoms with Crippen molar-refractivity contribution in [3.05, 3.63) is 12.2 Å². The van der Waals surface area contributed by atoms with Crippen molar-refractivity contribution in [1.82, 2.24) is 0 Å². The van der Waals surface area contributed by atoms with Gasteiger partial charge in [0.25, 0.3) is 0 Å². The SMILES string of the molecule is C[C@H]1CC[C@@]23CC=CC[C@@]12C3(Br)Br. The molecule has 0 bridgehead atoms. The van der Waals surface area contributed by atoms with Crippen molar-refractivity contribution in [2.45, 2.75) is 35.8 Å². The van der Waals surface area contributed by atoms with E-state index in [1.54, 1.807) is 0 Å². The van der Waals surface area contributed by atoms with E-state index in [1.807, 2.05) is 0 Å². The Labute approximate surface area is 96.4 Å². The first-order valence-electron chi connectivity index (χ1n) is 5.11. The fourth-order valence-electron chi connectivity index (χ4n) is 4.06. The zero-order chi connectivity index (χ0) is 9.32. The summed E-state index contributed by atoms with van der Waals surface area (Å²) < 4.78 is 0.251. The highest BCUT2D eigenvalue weighted by atomic mass is 79.9. The van der Waals surface area contributed by atoms with E-state index in [1.165, 1.54) is 25.7 Å². The molecule has 2 heteroatoms. The van der Waals surface area contributed by atoms with Crippen LogP contribution in [0.3, 0.4) is 0 Å². The summed E-state index contributed by atoms with van der Waals surface area (Å²) in [6.07, 6.45) is 10.1. The van der Waals surface area contributed by atoms with Crippen LogP contribution in [-0.4, -0.2) is 3.23 Å². The average molecular weight is 306 g/mol. The van der Waals surface area contributed by atoms with Gasteiger partial charge in [0, 0.05) is 10.8 Å². The van der Waals surface area contributed by atoms with Crippen molar-refractivity contribution in [3.63, 3.8) is 0 Å². The smallest absolute Gasteiger partial charge is 0.0879 e. The molecule has 0 aromatic rings. The Kier molecular flexibility index (Phi) is 1.56. The highest BCUT2D eigenvalue weighted by Gasteiger charge is 2.87. The second-order valence-electron chi connectivity index (χ2n) is 4.95. The Morgan fingerprint density at radius 3 is 2.62 bits per heavy atom. The minimum atomic E-state index is 0.251. The summed E-state index contributed by atoms with van der Waals surface area (Å²) in [5.41, 5.74) is 1.09. The minimum Gasteiger partial charge on any atom is -0.0879 e. The van der Waals surface area contributed by atoms with Gasteiger partial charge in [0.05, 0.1) is 3.23 Å². The van der Waals surface area contributed by atoms with Gasteiger partial charge in [0.15, 0.2) is 0 Å². The summed E-state index contributed by atoms with van der Waals surface area (Å²) in [7, 11) is 0. The van der Waals surface area contributed by atoms with Gasteiger partial charge < -0.3 is 0 Å². The first-order chi connectivity index (χ1) is 6.08. The van der Waals surface area contributed by atoms with Crippen molar-refractivity contribution in [2.75, 3.05) is 0 Å². The Hall–Kier alpha value is 0.700. The number of allylic oxidation sites excluding steroid dienone is 2. The molecular weight excluding hydrogens is 292 g/mol. The third-order valence-corrected chi connectivity index (χ3v) is 7.80. The molecule has 3 aliphatic carbocycles. The van der Waals surface area contributed by atoms with Gasteiger partial charge in [-0.1, -0.05) is 50.9 Å². The predicted octanol–water partition coefficient (Wildman–Crippen LogP) is 4.24. The molecule has 0 nitrogen and oxygen atoms in total. The van der Waals surface area contributed by atoms with Crippen LogP contribution >= 0.6 is 31.9 Å². The van der Waals surface area contributed by atoms with Crippen molar-refractivity contribution >= 4 is 31.9 Å². The van der Waals surface area contributed by atoms with Gasteiger partial charge in [-0.25, -0.2) is 0 Å². The first-order valence-corrected chi connectivity index (χ1v) is 6.70. The summed E-state index contributed by atoms with van der Waals surface area (Å²) in [6, 6.07) is 0. The van der Waals surface area contributed by atoms with E-state index in [9.17, 15) is 0 Å². The molecule has 13 heavy (non-hydrogen) atoms. The third-order valence-electron chi connectivity index (χ3n) is 4.87. The van der Waals surface area contributed by atoms with E-state index in [0.29, 0.717) is 10.8 Å². The molecule has 0 N–H and O–H groups in total. The number of rotatable bonds is 0. The van der Waals surface area contributed by atoms with Gasteiger partial charge in [-0.15, -0.1) is 0 Å². The van der Waals surface area contributed by atoms with E-state index < -0.39 is 0 Å². The molecule has 72 valence electrons. The molecule has 0 spiro atoms. The number of hydrogen-bond acceptors (Lipinski definition) is 0. The third kappa shape index (κ3) is 0.667. The molecule has 0 saturated heterocycles. The van der Waals surface area contributed by atoms with Gasteiger partial charge >= 0.3 is 0 Å². The molecule has 3 aliphatic rings. The average Bonchev–Trinajstić information content (AvgIpc) is 2.40. The molecule has 0 aromatic heterocycles. The van der Waals surface area contributed by atoms with Crippen molar-refractivity contribution < 1.29 is 0 Å². The maximum Gasteiger partial charge on any atom is 0.0938 e. The van der Waals surface area contributed by atoms with Crippen LogP contribution in [0, 0.1) is 16.7 Å². The Morgan fingerprint density at radius 2 is 1.92 bits per heavy atom. The van der Waals surface area contributed by atoms with Gasteiger partial charge in [0.2, 0.25) is 0 Å². The molecule has 0 unspecified atom stereocenters. The molecule has 3 rings (SSSR count). The molecule has 0 radical (unpaired) electrons. The standard InChI is InChI=1S/C11H14Br2/c1-8-4-7-9-5-2-3-6-10(8,9)11(9,12)13/h2-3,8H,4-7H2,1H3/t8-,9-,10+/m0/s1.